The normalized spacial score (nSPS) is 11.5. The van der Waals surface area contributed by atoms with E-state index in [4.69, 9.17) is 4.42 Å². The van der Waals surface area contributed by atoms with Gasteiger partial charge in [-0.1, -0.05) is 6.92 Å². The van der Waals surface area contributed by atoms with Crippen molar-refractivity contribution in [3.8, 4) is 11.5 Å². The Morgan fingerprint density at radius 1 is 1.36 bits per heavy atom. The monoisotopic (exact) mass is 307 g/mol. The molecule has 0 aliphatic carbocycles. The molecule has 6 nitrogen and oxygen atoms in total. The lowest BCUT2D eigenvalue weighted by Crippen LogP contribution is -2.45. The number of benzene rings is 1. The van der Waals surface area contributed by atoms with Crippen molar-refractivity contribution in [1.29, 1.82) is 0 Å². The summed E-state index contributed by atoms with van der Waals surface area (Å²) < 4.78 is 18.8. The standard InChI is InChI=1S/C15H18FN3O3/c1-4-15(2,3)17-12(20)9-19-14(21)22-13(18-19)10-5-7-11(16)8-6-10/h5-8H,4,9H2,1-3H3,(H,17,20). The molecule has 0 fully saturated rings. The number of nitrogens with zero attached hydrogens (tertiary/aromatic N) is 2. The molecule has 0 unspecified atom stereocenters. The van der Waals surface area contributed by atoms with Gasteiger partial charge in [-0.25, -0.2) is 9.18 Å². The van der Waals surface area contributed by atoms with Crippen LogP contribution in [0.5, 0.6) is 0 Å². The lowest BCUT2D eigenvalue weighted by atomic mass is 10.0. The molecule has 1 N–H and O–H groups in total. The first-order chi connectivity index (χ1) is 10.3. The Labute approximate surface area is 126 Å². The minimum atomic E-state index is -0.733. The summed E-state index contributed by atoms with van der Waals surface area (Å²) >= 11 is 0. The van der Waals surface area contributed by atoms with Crippen molar-refractivity contribution < 1.29 is 13.6 Å². The van der Waals surface area contributed by atoms with E-state index in [1.54, 1.807) is 0 Å². The van der Waals surface area contributed by atoms with Crippen LogP contribution in [0.15, 0.2) is 33.5 Å². The number of hydrogen-bond donors (Lipinski definition) is 1. The molecule has 0 atom stereocenters. The highest BCUT2D eigenvalue weighted by Gasteiger charge is 2.19. The molecule has 2 aromatic rings. The number of nitrogens with one attached hydrogen (secondary N) is 1. The fourth-order valence-corrected chi connectivity index (χ4v) is 1.76. The number of amides is 1. The first-order valence-electron chi connectivity index (χ1n) is 6.95. The Hall–Kier alpha value is -2.44. The molecule has 1 heterocycles. The second-order valence-electron chi connectivity index (χ2n) is 5.62. The SMILES string of the molecule is CCC(C)(C)NC(=O)Cn1nc(-c2ccc(F)cc2)oc1=O. The van der Waals surface area contributed by atoms with Crippen LogP contribution in [0.25, 0.3) is 11.5 Å². The summed E-state index contributed by atoms with van der Waals surface area (Å²) in [6.45, 7) is 5.50. The van der Waals surface area contributed by atoms with Crippen LogP contribution in [0.4, 0.5) is 4.39 Å². The molecule has 1 aromatic carbocycles. The molecule has 0 aliphatic heterocycles. The van der Waals surface area contributed by atoms with Gasteiger partial charge in [0.1, 0.15) is 12.4 Å². The maximum absolute atomic E-state index is 12.9. The fourth-order valence-electron chi connectivity index (χ4n) is 1.76. The van der Waals surface area contributed by atoms with Gasteiger partial charge in [0, 0.05) is 11.1 Å². The third-order valence-corrected chi connectivity index (χ3v) is 3.35. The van der Waals surface area contributed by atoms with Gasteiger partial charge < -0.3 is 9.73 Å². The number of halogens is 1. The van der Waals surface area contributed by atoms with Gasteiger partial charge in [0.2, 0.25) is 11.8 Å². The largest absolute Gasteiger partial charge is 0.437 e. The van der Waals surface area contributed by atoms with Gasteiger partial charge >= 0.3 is 5.76 Å². The molecule has 0 saturated carbocycles. The quantitative estimate of drug-likeness (QED) is 0.916. The lowest BCUT2D eigenvalue weighted by molar-refractivity contribution is -0.123. The van der Waals surface area contributed by atoms with E-state index in [1.807, 2.05) is 20.8 Å². The van der Waals surface area contributed by atoms with Gasteiger partial charge in [0.15, 0.2) is 0 Å². The van der Waals surface area contributed by atoms with Crippen LogP contribution in [-0.4, -0.2) is 21.2 Å². The molecule has 118 valence electrons. The second kappa shape index (κ2) is 6.13. The third-order valence-electron chi connectivity index (χ3n) is 3.35. The Morgan fingerprint density at radius 3 is 2.59 bits per heavy atom. The summed E-state index contributed by atoms with van der Waals surface area (Å²) in [5, 5.41) is 6.77. The Kier molecular flexibility index (Phi) is 4.44. The number of rotatable bonds is 5. The zero-order chi connectivity index (χ0) is 16.3. The second-order valence-corrected chi connectivity index (χ2v) is 5.62. The molecule has 0 spiro atoms. The van der Waals surface area contributed by atoms with Crippen molar-refractivity contribution in [1.82, 2.24) is 15.1 Å². The minimum Gasteiger partial charge on any atom is -0.388 e. The fraction of sp³-hybridized carbons (Fsp3) is 0.400. The van der Waals surface area contributed by atoms with Crippen molar-refractivity contribution >= 4 is 5.91 Å². The molecule has 0 radical (unpaired) electrons. The average Bonchev–Trinajstić information content (AvgIpc) is 2.80. The number of carbonyl (C=O) groups excluding carboxylic acids is 1. The van der Waals surface area contributed by atoms with Gasteiger partial charge in [-0.3, -0.25) is 4.79 Å². The summed E-state index contributed by atoms with van der Waals surface area (Å²) in [6, 6.07) is 5.38. The average molecular weight is 307 g/mol. The van der Waals surface area contributed by atoms with Crippen LogP contribution < -0.4 is 11.1 Å². The number of carbonyl (C=O) groups is 1. The summed E-state index contributed by atoms with van der Waals surface area (Å²) in [7, 11) is 0. The summed E-state index contributed by atoms with van der Waals surface area (Å²) in [6.07, 6.45) is 0.757. The van der Waals surface area contributed by atoms with E-state index in [0.717, 1.165) is 11.1 Å². The van der Waals surface area contributed by atoms with E-state index in [9.17, 15) is 14.0 Å². The van der Waals surface area contributed by atoms with Gasteiger partial charge in [-0.2, -0.15) is 4.68 Å². The summed E-state index contributed by atoms with van der Waals surface area (Å²) in [5.74, 6) is -1.41. The molecule has 0 aliphatic rings. The van der Waals surface area contributed by atoms with E-state index in [0.29, 0.717) is 5.56 Å². The molecule has 1 aromatic heterocycles. The smallest absolute Gasteiger partial charge is 0.388 e. The number of hydrogen-bond acceptors (Lipinski definition) is 4. The summed E-state index contributed by atoms with van der Waals surface area (Å²) in [5.41, 5.74) is 0.107. The van der Waals surface area contributed by atoms with Crippen LogP contribution in [0.3, 0.4) is 0 Å². The molecule has 0 saturated heterocycles. The molecule has 1 amide bonds. The van der Waals surface area contributed by atoms with Crippen LogP contribution in [0, 0.1) is 5.82 Å². The van der Waals surface area contributed by atoms with Crippen molar-refractivity contribution in [2.75, 3.05) is 0 Å². The molecular weight excluding hydrogens is 289 g/mol. The van der Waals surface area contributed by atoms with E-state index in [1.165, 1.54) is 24.3 Å². The highest BCUT2D eigenvalue weighted by atomic mass is 19.1. The van der Waals surface area contributed by atoms with Crippen molar-refractivity contribution in [2.45, 2.75) is 39.3 Å². The predicted octanol–water partition coefficient (Wildman–Crippen LogP) is 1.95. The zero-order valence-electron chi connectivity index (χ0n) is 12.7. The van der Waals surface area contributed by atoms with Gasteiger partial charge in [-0.15, -0.1) is 5.10 Å². The Bertz CT molecular complexity index is 716. The van der Waals surface area contributed by atoms with E-state index < -0.39 is 11.6 Å². The minimum absolute atomic E-state index is 0.0487. The first-order valence-corrected chi connectivity index (χ1v) is 6.95. The maximum atomic E-state index is 12.9. The van der Waals surface area contributed by atoms with Gasteiger partial charge in [-0.05, 0) is 44.5 Å². The zero-order valence-corrected chi connectivity index (χ0v) is 12.7. The molecule has 22 heavy (non-hydrogen) atoms. The van der Waals surface area contributed by atoms with E-state index in [-0.39, 0.29) is 23.9 Å². The van der Waals surface area contributed by atoms with Gasteiger partial charge in [0.25, 0.3) is 0 Å². The molecule has 0 bridgehead atoms. The summed E-state index contributed by atoms with van der Waals surface area (Å²) in [4.78, 5) is 23.7. The maximum Gasteiger partial charge on any atom is 0.437 e. The number of aromatic nitrogens is 2. The molecule has 2 rings (SSSR count). The van der Waals surface area contributed by atoms with Crippen LogP contribution in [-0.2, 0) is 11.3 Å². The van der Waals surface area contributed by atoms with Crippen LogP contribution in [0.2, 0.25) is 0 Å². The topological polar surface area (TPSA) is 77.1 Å². The predicted molar refractivity (Wildman–Crippen MR) is 78.7 cm³/mol. The Morgan fingerprint density at radius 2 is 2.00 bits per heavy atom. The third kappa shape index (κ3) is 3.81. The Balaban J connectivity index is 2.15. The first kappa shape index (κ1) is 15.9. The van der Waals surface area contributed by atoms with Crippen LogP contribution in [0.1, 0.15) is 27.2 Å². The van der Waals surface area contributed by atoms with Gasteiger partial charge in [0.05, 0.1) is 0 Å². The van der Waals surface area contributed by atoms with Crippen molar-refractivity contribution in [2.24, 2.45) is 0 Å². The van der Waals surface area contributed by atoms with E-state index in [2.05, 4.69) is 10.4 Å². The highest BCUT2D eigenvalue weighted by Crippen LogP contribution is 2.15. The lowest BCUT2D eigenvalue weighted by Gasteiger charge is -2.24. The van der Waals surface area contributed by atoms with Crippen LogP contribution >= 0.6 is 0 Å². The molecule has 7 heteroatoms. The highest BCUT2D eigenvalue weighted by molar-refractivity contribution is 5.76. The molecular formula is C15H18FN3O3. The van der Waals surface area contributed by atoms with Crippen molar-refractivity contribution in [3.63, 3.8) is 0 Å². The van der Waals surface area contributed by atoms with Crippen molar-refractivity contribution in [3.05, 3.63) is 40.6 Å². The van der Waals surface area contributed by atoms with E-state index >= 15 is 0 Å².